The Morgan fingerprint density at radius 3 is 2.81 bits per heavy atom. The Kier molecular flexibility index (Phi) is 6.56. The molecule has 0 aromatic heterocycles. The van der Waals surface area contributed by atoms with Gasteiger partial charge in [-0.1, -0.05) is 12.1 Å². The molecule has 0 bridgehead atoms. The maximum absolute atomic E-state index is 13.7. The standard InChI is InChI=1S/C23H25F2NO5/c1-28-18-8-7-15(12-20(18)31-22-6-3-10-30-22)16-13-21(27)26(14-16)9-11-29-19-5-2-4-17(24)23(19)25/h2,4-5,7-8,12,16,22H,3,6,9-11,13-14H2,1H3. The van der Waals surface area contributed by atoms with Gasteiger partial charge in [-0.05, 0) is 36.2 Å². The summed E-state index contributed by atoms with van der Waals surface area (Å²) in [5, 5.41) is 0. The van der Waals surface area contributed by atoms with Gasteiger partial charge in [0.1, 0.15) is 6.61 Å². The number of carbonyl (C=O) groups is 1. The highest BCUT2D eigenvalue weighted by Gasteiger charge is 2.31. The van der Waals surface area contributed by atoms with Crippen molar-refractivity contribution in [2.75, 3.05) is 33.4 Å². The van der Waals surface area contributed by atoms with Gasteiger partial charge in [0.2, 0.25) is 11.7 Å². The van der Waals surface area contributed by atoms with E-state index in [0.717, 1.165) is 24.5 Å². The van der Waals surface area contributed by atoms with Gasteiger partial charge < -0.3 is 23.8 Å². The van der Waals surface area contributed by atoms with Gasteiger partial charge in [0.25, 0.3) is 0 Å². The first-order valence-corrected chi connectivity index (χ1v) is 10.4. The van der Waals surface area contributed by atoms with Crippen molar-refractivity contribution in [1.29, 1.82) is 0 Å². The molecule has 0 spiro atoms. The minimum absolute atomic E-state index is 0.00356. The summed E-state index contributed by atoms with van der Waals surface area (Å²) in [5.74, 6) is -0.940. The monoisotopic (exact) mass is 433 g/mol. The number of amides is 1. The summed E-state index contributed by atoms with van der Waals surface area (Å²) in [6.45, 7) is 1.56. The van der Waals surface area contributed by atoms with E-state index in [0.29, 0.717) is 37.6 Å². The number of benzene rings is 2. The zero-order chi connectivity index (χ0) is 21.8. The van der Waals surface area contributed by atoms with E-state index in [1.54, 1.807) is 12.0 Å². The molecule has 2 aliphatic heterocycles. The number of hydrogen-bond donors (Lipinski definition) is 0. The summed E-state index contributed by atoms with van der Waals surface area (Å²) in [7, 11) is 1.58. The quantitative estimate of drug-likeness (QED) is 0.632. The van der Waals surface area contributed by atoms with Crippen molar-refractivity contribution in [3.05, 3.63) is 53.6 Å². The van der Waals surface area contributed by atoms with Crippen LogP contribution in [0, 0.1) is 11.6 Å². The number of hydrogen-bond acceptors (Lipinski definition) is 5. The fourth-order valence-corrected chi connectivity index (χ4v) is 3.89. The minimum atomic E-state index is -1.02. The van der Waals surface area contributed by atoms with Crippen LogP contribution in [-0.2, 0) is 9.53 Å². The van der Waals surface area contributed by atoms with Crippen LogP contribution < -0.4 is 14.2 Å². The molecule has 8 heteroatoms. The molecular formula is C23H25F2NO5. The molecule has 0 N–H and O–H groups in total. The van der Waals surface area contributed by atoms with Gasteiger partial charge in [0.05, 0.1) is 20.3 Å². The fourth-order valence-electron chi connectivity index (χ4n) is 3.89. The highest BCUT2D eigenvalue weighted by molar-refractivity contribution is 5.79. The maximum Gasteiger partial charge on any atom is 0.223 e. The van der Waals surface area contributed by atoms with Crippen LogP contribution in [0.4, 0.5) is 8.78 Å². The molecule has 2 heterocycles. The van der Waals surface area contributed by atoms with Crippen molar-refractivity contribution in [3.63, 3.8) is 0 Å². The first kappa shape index (κ1) is 21.4. The Bertz CT molecular complexity index is 932. The summed E-state index contributed by atoms with van der Waals surface area (Å²) >= 11 is 0. The molecule has 0 aliphatic carbocycles. The number of rotatable bonds is 8. The Morgan fingerprint density at radius 1 is 1.16 bits per heavy atom. The van der Waals surface area contributed by atoms with Crippen LogP contribution in [0.25, 0.3) is 0 Å². The summed E-state index contributed by atoms with van der Waals surface area (Å²) < 4.78 is 49.2. The van der Waals surface area contributed by atoms with Crippen molar-refractivity contribution in [1.82, 2.24) is 4.90 Å². The molecule has 2 aliphatic rings. The highest BCUT2D eigenvalue weighted by Crippen LogP contribution is 2.36. The van der Waals surface area contributed by atoms with Crippen molar-refractivity contribution in [3.8, 4) is 17.2 Å². The topological polar surface area (TPSA) is 57.2 Å². The third-order valence-electron chi connectivity index (χ3n) is 5.55. The van der Waals surface area contributed by atoms with E-state index in [2.05, 4.69) is 0 Å². The zero-order valence-electron chi connectivity index (χ0n) is 17.3. The average molecular weight is 433 g/mol. The summed E-state index contributed by atoms with van der Waals surface area (Å²) in [5.41, 5.74) is 0.974. The third-order valence-corrected chi connectivity index (χ3v) is 5.55. The number of ether oxygens (including phenoxy) is 4. The summed E-state index contributed by atoms with van der Waals surface area (Å²) in [6.07, 6.45) is 1.86. The van der Waals surface area contributed by atoms with Gasteiger partial charge in [0, 0.05) is 25.3 Å². The molecule has 2 aromatic rings. The van der Waals surface area contributed by atoms with Crippen LogP contribution in [0.2, 0.25) is 0 Å². The second-order valence-corrected chi connectivity index (χ2v) is 7.61. The molecule has 2 atom stereocenters. The normalized spacial score (nSPS) is 20.9. The third kappa shape index (κ3) is 4.90. The number of likely N-dealkylation sites (tertiary alicyclic amines) is 1. The lowest BCUT2D eigenvalue weighted by Gasteiger charge is -2.19. The van der Waals surface area contributed by atoms with E-state index >= 15 is 0 Å². The Morgan fingerprint density at radius 2 is 2.03 bits per heavy atom. The second kappa shape index (κ2) is 9.51. The van der Waals surface area contributed by atoms with Crippen molar-refractivity contribution in [2.24, 2.45) is 0 Å². The molecule has 2 aromatic carbocycles. The molecule has 6 nitrogen and oxygen atoms in total. The summed E-state index contributed by atoms with van der Waals surface area (Å²) in [4.78, 5) is 14.1. The average Bonchev–Trinajstić information content (AvgIpc) is 3.41. The van der Waals surface area contributed by atoms with Crippen LogP contribution in [-0.4, -0.2) is 50.5 Å². The molecule has 0 saturated carbocycles. The van der Waals surface area contributed by atoms with Gasteiger partial charge in [0.15, 0.2) is 29.4 Å². The van der Waals surface area contributed by atoms with Gasteiger partial charge in [-0.3, -0.25) is 4.79 Å². The van der Waals surface area contributed by atoms with Crippen molar-refractivity contribution < 1.29 is 32.5 Å². The first-order valence-electron chi connectivity index (χ1n) is 10.4. The molecule has 1 amide bonds. The lowest BCUT2D eigenvalue weighted by molar-refractivity contribution is -0.128. The predicted molar refractivity (Wildman–Crippen MR) is 108 cm³/mol. The molecule has 166 valence electrons. The van der Waals surface area contributed by atoms with E-state index in [4.69, 9.17) is 18.9 Å². The second-order valence-electron chi connectivity index (χ2n) is 7.61. The lowest BCUT2D eigenvalue weighted by Crippen LogP contribution is -2.29. The number of nitrogens with zero attached hydrogens (tertiary/aromatic N) is 1. The number of carbonyl (C=O) groups excluding carboxylic acids is 1. The van der Waals surface area contributed by atoms with E-state index in [1.807, 2.05) is 18.2 Å². The molecule has 4 rings (SSSR count). The predicted octanol–water partition coefficient (Wildman–Crippen LogP) is 3.88. The number of halogens is 2. The van der Waals surface area contributed by atoms with E-state index in [1.165, 1.54) is 12.1 Å². The van der Waals surface area contributed by atoms with E-state index in [9.17, 15) is 13.6 Å². The smallest absolute Gasteiger partial charge is 0.223 e. The molecule has 2 unspecified atom stereocenters. The summed E-state index contributed by atoms with van der Waals surface area (Å²) in [6, 6.07) is 9.44. The Hall–Kier alpha value is -2.87. The minimum Gasteiger partial charge on any atom is -0.493 e. The van der Waals surface area contributed by atoms with Crippen LogP contribution >= 0.6 is 0 Å². The van der Waals surface area contributed by atoms with Gasteiger partial charge in [-0.2, -0.15) is 4.39 Å². The van der Waals surface area contributed by atoms with Gasteiger partial charge in [-0.25, -0.2) is 4.39 Å². The highest BCUT2D eigenvalue weighted by atomic mass is 19.2. The zero-order valence-corrected chi connectivity index (χ0v) is 17.3. The first-order chi connectivity index (χ1) is 15.0. The van der Waals surface area contributed by atoms with Crippen molar-refractivity contribution in [2.45, 2.75) is 31.5 Å². The SMILES string of the molecule is COc1ccc(C2CC(=O)N(CCOc3cccc(F)c3F)C2)cc1OC1CCCO1. The fraction of sp³-hybridized carbons (Fsp3) is 0.435. The lowest BCUT2D eigenvalue weighted by atomic mass is 9.98. The van der Waals surface area contributed by atoms with Crippen LogP contribution in [0.3, 0.4) is 0 Å². The van der Waals surface area contributed by atoms with E-state index in [-0.39, 0.29) is 30.5 Å². The van der Waals surface area contributed by atoms with Crippen molar-refractivity contribution >= 4 is 5.91 Å². The molecule has 2 fully saturated rings. The Labute approximate surface area is 179 Å². The van der Waals surface area contributed by atoms with Gasteiger partial charge in [-0.15, -0.1) is 0 Å². The van der Waals surface area contributed by atoms with Crippen LogP contribution in [0.15, 0.2) is 36.4 Å². The maximum atomic E-state index is 13.7. The van der Waals surface area contributed by atoms with Gasteiger partial charge >= 0.3 is 0 Å². The number of methoxy groups -OCH3 is 1. The van der Waals surface area contributed by atoms with Crippen LogP contribution in [0.1, 0.15) is 30.7 Å². The Balaban J connectivity index is 1.37. The largest absolute Gasteiger partial charge is 0.493 e. The molecule has 0 radical (unpaired) electrons. The molecule has 2 saturated heterocycles. The van der Waals surface area contributed by atoms with Crippen LogP contribution in [0.5, 0.6) is 17.2 Å². The molecular weight excluding hydrogens is 408 g/mol. The van der Waals surface area contributed by atoms with E-state index < -0.39 is 11.6 Å². The molecule has 31 heavy (non-hydrogen) atoms.